The molecule has 13 nitrogen and oxygen atoms in total. The van der Waals surface area contributed by atoms with Gasteiger partial charge in [-0.1, -0.05) is 18.2 Å². The maximum absolute atomic E-state index is 12.4. The number of anilines is 1. The lowest BCUT2D eigenvalue weighted by molar-refractivity contribution is -0.121. The van der Waals surface area contributed by atoms with Crippen molar-refractivity contribution in [2.45, 2.75) is 12.8 Å². The van der Waals surface area contributed by atoms with Crippen molar-refractivity contribution < 1.29 is 43.1 Å². The largest absolute Gasteiger partial charge is 0.524 e. The van der Waals surface area contributed by atoms with E-state index in [4.69, 9.17) is 26.4 Å². The number of carbonyl (C=O) groups is 2. The summed E-state index contributed by atoms with van der Waals surface area (Å²) in [5, 5.41) is 29.6. The standard InChI is InChI=1S/C32H28N3O10PS/c36-20-5-10-24-27(16-20)44-28-17-21(37)6-11-25(28)30(24)23-9-4-19(15-26(23)31(39)40)35-32(47)34-14-13-33-29(38)12-3-18-1-7-22(8-2-18)45-46(41,42)43/h1-2,4-11,15-17,36H,3,12-14H2,(H,33,38)(H,39,40)(H2,34,35,47)(H2,41,42,43). The fourth-order valence-electron chi connectivity index (χ4n) is 4.92. The number of carboxylic acid groups (broad SMARTS) is 1. The van der Waals surface area contributed by atoms with Crippen LogP contribution in [0.4, 0.5) is 5.69 Å². The molecule has 1 aliphatic heterocycles. The Balaban J connectivity index is 1.20. The zero-order valence-electron chi connectivity index (χ0n) is 24.4. The molecule has 15 heteroatoms. The number of carboxylic acids is 1. The van der Waals surface area contributed by atoms with E-state index in [1.54, 1.807) is 36.4 Å². The van der Waals surface area contributed by atoms with Gasteiger partial charge in [-0.3, -0.25) is 19.4 Å². The second-order valence-electron chi connectivity index (χ2n) is 10.3. The normalized spacial score (nSPS) is 11.3. The van der Waals surface area contributed by atoms with E-state index >= 15 is 0 Å². The Labute approximate surface area is 272 Å². The molecule has 2 aliphatic rings. The minimum atomic E-state index is -4.64. The van der Waals surface area contributed by atoms with Gasteiger partial charge in [-0.05, 0) is 78.3 Å². The zero-order valence-corrected chi connectivity index (χ0v) is 26.1. The van der Waals surface area contributed by atoms with Crippen LogP contribution in [0.3, 0.4) is 0 Å². The van der Waals surface area contributed by atoms with Crippen LogP contribution in [0.5, 0.6) is 11.5 Å². The maximum Gasteiger partial charge on any atom is 0.524 e. The van der Waals surface area contributed by atoms with Gasteiger partial charge in [0.05, 0.1) is 5.56 Å². The van der Waals surface area contributed by atoms with E-state index < -0.39 is 13.8 Å². The number of phenols is 1. The summed E-state index contributed by atoms with van der Waals surface area (Å²) >= 11 is 5.35. The highest BCUT2D eigenvalue weighted by Gasteiger charge is 2.22. The van der Waals surface area contributed by atoms with Crippen LogP contribution in [0.25, 0.3) is 33.4 Å². The van der Waals surface area contributed by atoms with E-state index in [0.29, 0.717) is 34.2 Å². The van der Waals surface area contributed by atoms with E-state index in [0.717, 1.165) is 5.56 Å². The summed E-state index contributed by atoms with van der Waals surface area (Å²) in [6, 6.07) is 19.5. The quantitative estimate of drug-likeness (QED) is 0.0446. The molecule has 0 fully saturated rings. The van der Waals surface area contributed by atoms with Crippen LogP contribution >= 0.6 is 20.0 Å². The smallest absolute Gasteiger partial charge is 0.508 e. The first kappa shape index (κ1) is 33.1. The molecule has 3 aromatic rings. The summed E-state index contributed by atoms with van der Waals surface area (Å²) in [4.78, 5) is 54.4. The monoisotopic (exact) mass is 677 g/mol. The Morgan fingerprint density at radius 1 is 0.894 bits per heavy atom. The molecular weight excluding hydrogens is 649 g/mol. The number of phenolic OH excluding ortho intramolecular Hbond substituents is 1. The molecule has 3 aromatic carbocycles. The van der Waals surface area contributed by atoms with Crippen molar-refractivity contribution in [1.82, 2.24) is 10.6 Å². The number of amides is 1. The minimum Gasteiger partial charge on any atom is -0.508 e. The Hall–Kier alpha value is -5.27. The van der Waals surface area contributed by atoms with E-state index in [2.05, 4.69) is 20.5 Å². The van der Waals surface area contributed by atoms with E-state index in [1.165, 1.54) is 42.5 Å². The number of aromatic carboxylic acids is 1. The SMILES string of the molecule is O=C(CCc1ccc(OP(=O)(O)O)cc1)NCCNC(=S)Nc1ccc(-c2c3ccc(=O)cc-3oc3cc(O)ccc23)c(C(=O)O)c1. The summed E-state index contributed by atoms with van der Waals surface area (Å²) in [5.74, 6) is -1.19. The molecule has 1 amide bonds. The van der Waals surface area contributed by atoms with Gasteiger partial charge in [-0.25, -0.2) is 9.36 Å². The highest BCUT2D eigenvalue weighted by Crippen LogP contribution is 2.42. The van der Waals surface area contributed by atoms with Crippen molar-refractivity contribution >= 4 is 53.7 Å². The van der Waals surface area contributed by atoms with Crippen molar-refractivity contribution in [3.63, 3.8) is 0 Å². The number of aryl methyl sites for hydroxylation is 1. The predicted molar refractivity (Wildman–Crippen MR) is 178 cm³/mol. The van der Waals surface area contributed by atoms with Gasteiger partial charge in [-0.2, -0.15) is 0 Å². The summed E-state index contributed by atoms with van der Waals surface area (Å²) in [6.07, 6.45) is 0.591. The molecule has 0 unspecified atom stereocenters. The van der Waals surface area contributed by atoms with Crippen LogP contribution in [0, 0.1) is 0 Å². The molecule has 0 aromatic heterocycles. The van der Waals surface area contributed by atoms with Gasteiger partial charge in [0, 0.05) is 53.8 Å². The fourth-order valence-corrected chi connectivity index (χ4v) is 5.54. The lowest BCUT2D eigenvalue weighted by atomic mass is 9.90. The molecule has 0 bridgehead atoms. The van der Waals surface area contributed by atoms with E-state index in [9.17, 15) is 29.2 Å². The number of nitrogens with one attached hydrogen (secondary N) is 3. The first-order chi connectivity index (χ1) is 22.4. The third-order valence-corrected chi connectivity index (χ3v) is 7.67. The zero-order chi connectivity index (χ0) is 33.7. The van der Waals surface area contributed by atoms with E-state index in [-0.39, 0.29) is 64.4 Å². The Morgan fingerprint density at radius 3 is 2.34 bits per heavy atom. The molecule has 0 atom stereocenters. The molecule has 1 aliphatic carbocycles. The minimum absolute atomic E-state index is 0.0221. The third-order valence-electron chi connectivity index (χ3n) is 6.98. The number of hydrogen-bond acceptors (Lipinski definition) is 8. The van der Waals surface area contributed by atoms with Gasteiger partial charge >= 0.3 is 13.8 Å². The molecule has 0 radical (unpaired) electrons. The Bertz CT molecular complexity index is 2060. The summed E-state index contributed by atoms with van der Waals surface area (Å²) < 4.78 is 21.3. The lowest BCUT2D eigenvalue weighted by Crippen LogP contribution is -2.36. The van der Waals surface area contributed by atoms with Crippen molar-refractivity contribution in [3.8, 4) is 33.9 Å². The predicted octanol–water partition coefficient (Wildman–Crippen LogP) is 4.48. The Kier molecular flexibility index (Phi) is 9.87. The molecular formula is C32H28N3O10PS. The number of rotatable bonds is 11. The fraction of sp³-hybridized carbons (Fsp3) is 0.125. The number of phosphoric ester groups is 1. The molecule has 7 N–H and O–H groups in total. The number of carbonyl (C=O) groups excluding carboxylic acids is 1. The second kappa shape index (κ2) is 14.0. The van der Waals surface area contributed by atoms with Gasteiger partial charge in [-0.15, -0.1) is 0 Å². The van der Waals surface area contributed by atoms with Crippen molar-refractivity contribution in [2.75, 3.05) is 18.4 Å². The highest BCUT2D eigenvalue weighted by molar-refractivity contribution is 7.80. The first-order valence-electron chi connectivity index (χ1n) is 14.1. The topological polar surface area (TPSA) is 208 Å². The van der Waals surface area contributed by atoms with E-state index in [1.807, 2.05) is 0 Å². The van der Waals surface area contributed by atoms with Crippen LogP contribution in [-0.4, -0.2) is 50.1 Å². The number of aromatic hydroxyl groups is 1. The molecule has 0 saturated heterocycles. The molecule has 0 saturated carbocycles. The van der Waals surface area contributed by atoms with Crippen LogP contribution in [-0.2, 0) is 15.8 Å². The third kappa shape index (κ3) is 8.51. The molecule has 1 heterocycles. The van der Waals surface area contributed by atoms with Crippen LogP contribution in [0.1, 0.15) is 22.3 Å². The molecule has 242 valence electrons. The molecule has 5 rings (SSSR count). The number of benzene rings is 4. The second-order valence-corrected chi connectivity index (χ2v) is 11.9. The maximum atomic E-state index is 12.4. The van der Waals surface area contributed by atoms with Crippen molar-refractivity contribution in [1.29, 1.82) is 0 Å². The van der Waals surface area contributed by atoms with Gasteiger partial charge in [0.15, 0.2) is 10.5 Å². The first-order valence-corrected chi connectivity index (χ1v) is 16.0. The van der Waals surface area contributed by atoms with Crippen molar-refractivity contribution in [3.05, 3.63) is 100 Å². The van der Waals surface area contributed by atoms with Crippen LogP contribution < -0.4 is 25.9 Å². The summed E-state index contributed by atoms with van der Waals surface area (Å²) in [7, 11) is -4.64. The Morgan fingerprint density at radius 2 is 1.62 bits per heavy atom. The number of fused-ring (bicyclic) bond motifs is 2. The molecule has 47 heavy (non-hydrogen) atoms. The summed E-state index contributed by atoms with van der Waals surface area (Å²) in [5.41, 5.74) is 2.55. The lowest BCUT2D eigenvalue weighted by Gasteiger charge is -2.18. The number of hydrogen-bond donors (Lipinski definition) is 7. The average Bonchev–Trinajstić information content (AvgIpc) is 3.01. The van der Waals surface area contributed by atoms with Gasteiger partial charge in [0.25, 0.3) is 0 Å². The van der Waals surface area contributed by atoms with Gasteiger partial charge in [0.2, 0.25) is 5.91 Å². The van der Waals surface area contributed by atoms with Crippen molar-refractivity contribution in [2.24, 2.45) is 0 Å². The highest BCUT2D eigenvalue weighted by atomic mass is 32.1. The van der Waals surface area contributed by atoms with Crippen LogP contribution in [0.2, 0.25) is 0 Å². The van der Waals surface area contributed by atoms with Gasteiger partial charge in [0.1, 0.15) is 22.8 Å². The number of thiocarbonyl (C=S) groups is 1. The number of phosphoric acid groups is 1. The average molecular weight is 678 g/mol. The summed E-state index contributed by atoms with van der Waals surface area (Å²) in [6.45, 7) is 0.546. The van der Waals surface area contributed by atoms with Gasteiger partial charge < -0.3 is 35.1 Å². The van der Waals surface area contributed by atoms with Crippen LogP contribution in [0.15, 0.2) is 88.1 Å². The molecule has 0 spiro atoms.